The number of aromatic nitrogens is 1. The quantitative estimate of drug-likeness (QED) is 0.455. The van der Waals surface area contributed by atoms with Crippen LogP contribution in [0.3, 0.4) is 0 Å². The van der Waals surface area contributed by atoms with E-state index < -0.39 is 7.26 Å². The van der Waals surface area contributed by atoms with Crippen LogP contribution in [-0.2, 0) is 4.79 Å². The van der Waals surface area contributed by atoms with Crippen LogP contribution in [0.4, 0.5) is 5.69 Å². The second kappa shape index (κ2) is 8.45. The van der Waals surface area contributed by atoms with Crippen molar-refractivity contribution in [2.24, 2.45) is 0 Å². The first-order valence-electron chi connectivity index (χ1n) is 10.7. The summed E-state index contributed by atoms with van der Waals surface area (Å²) in [6.07, 6.45) is 4.37. The number of nitrogens with zero attached hydrogens (tertiary/aromatic N) is 2. The second-order valence-corrected chi connectivity index (χ2v) is 12.0. The van der Waals surface area contributed by atoms with Gasteiger partial charge in [-0.05, 0) is 0 Å². The van der Waals surface area contributed by atoms with E-state index in [1.807, 2.05) is 17.0 Å². The Labute approximate surface area is 183 Å². The van der Waals surface area contributed by atoms with Gasteiger partial charge < -0.3 is 0 Å². The van der Waals surface area contributed by atoms with Crippen molar-refractivity contribution in [3.8, 4) is 0 Å². The summed E-state index contributed by atoms with van der Waals surface area (Å²) in [5.41, 5.74) is 0.798. The molecule has 5 rings (SSSR count). The summed E-state index contributed by atoms with van der Waals surface area (Å²) in [5, 5.41) is 3.83. The number of amides is 1. The Bertz CT molecular complexity index is 1050. The zero-order valence-corrected chi connectivity index (χ0v) is 18.3. The summed E-state index contributed by atoms with van der Waals surface area (Å²) in [6.45, 7) is 0.719. The van der Waals surface area contributed by atoms with Gasteiger partial charge in [0.25, 0.3) is 0 Å². The van der Waals surface area contributed by atoms with E-state index in [-0.39, 0.29) is 11.6 Å². The molecule has 3 nitrogen and oxygen atoms in total. The average molecular weight is 424 g/mol. The normalized spacial score (nSPS) is 17.0. The van der Waals surface area contributed by atoms with Gasteiger partial charge in [0.1, 0.15) is 0 Å². The molecule has 0 saturated carbocycles. The number of carbonyl (C=O) groups excluding carboxylic acids is 1. The molecule has 1 amide bonds. The minimum atomic E-state index is -2.64. The molecule has 4 aromatic rings. The Kier molecular flexibility index (Phi) is 5.36. The third-order valence-electron chi connectivity index (χ3n) is 6.37. The van der Waals surface area contributed by atoms with Crippen LogP contribution in [0.15, 0.2) is 116 Å². The summed E-state index contributed by atoms with van der Waals surface area (Å²) < 4.78 is 0. The second-order valence-electron chi connectivity index (χ2n) is 7.95. The predicted octanol–water partition coefficient (Wildman–Crippen LogP) is 3.91. The van der Waals surface area contributed by atoms with Crippen molar-refractivity contribution in [1.82, 2.24) is 4.98 Å². The summed E-state index contributed by atoms with van der Waals surface area (Å²) >= 11 is 0. The molecular weight excluding hydrogens is 399 g/mol. The predicted molar refractivity (Wildman–Crippen MR) is 132 cm³/mol. The van der Waals surface area contributed by atoms with Crippen molar-refractivity contribution >= 4 is 34.8 Å². The van der Waals surface area contributed by atoms with Gasteiger partial charge in [-0.25, -0.2) is 0 Å². The number of hydrogen-bond acceptors (Lipinski definition) is 2. The molecule has 0 radical (unpaired) electrons. The molecule has 0 bridgehead atoms. The molecule has 1 unspecified atom stereocenters. The number of pyridine rings is 1. The maximum atomic E-state index is 14.0. The van der Waals surface area contributed by atoms with E-state index >= 15 is 0 Å². The number of rotatable bonds is 5. The zero-order chi connectivity index (χ0) is 21.1. The van der Waals surface area contributed by atoms with Gasteiger partial charge >= 0.3 is 184 Å². The Morgan fingerprint density at radius 1 is 0.710 bits per heavy atom. The monoisotopic (exact) mass is 424 g/mol. The fourth-order valence-electron chi connectivity index (χ4n) is 5.06. The molecule has 3 aromatic carbocycles. The van der Waals surface area contributed by atoms with E-state index in [9.17, 15) is 4.79 Å². The number of anilines is 1. The molecule has 0 aliphatic carbocycles. The van der Waals surface area contributed by atoms with E-state index in [1.54, 1.807) is 12.4 Å². The molecule has 1 aromatic heterocycles. The molecule has 4 heteroatoms. The van der Waals surface area contributed by atoms with Crippen LogP contribution < -0.4 is 20.8 Å². The molecule has 1 saturated heterocycles. The Morgan fingerprint density at radius 2 is 1.23 bits per heavy atom. The van der Waals surface area contributed by atoms with E-state index in [0.29, 0.717) is 0 Å². The van der Waals surface area contributed by atoms with Crippen LogP contribution in [0.5, 0.6) is 0 Å². The first-order valence-corrected chi connectivity index (χ1v) is 12.8. The van der Waals surface area contributed by atoms with Gasteiger partial charge in [0.15, 0.2) is 0 Å². The number of hydrogen-bond donors (Lipinski definition) is 0. The van der Waals surface area contributed by atoms with Crippen LogP contribution in [0.25, 0.3) is 0 Å². The molecule has 2 heterocycles. The van der Waals surface area contributed by atoms with Crippen LogP contribution in [0.2, 0.25) is 0 Å². The van der Waals surface area contributed by atoms with Crippen LogP contribution >= 0.6 is 7.26 Å². The molecule has 154 valence electrons. The fourth-order valence-corrected chi connectivity index (χ4v) is 10.5. The van der Waals surface area contributed by atoms with Gasteiger partial charge in [-0.15, -0.1) is 0 Å². The molecule has 31 heavy (non-hydrogen) atoms. The van der Waals surface area contributed by atoms with Gasteiger partial charge in [0, 0.05) is 0 Å². The molecule has 1 atom stereocenters. The van der Waals surface area contributed by atoms with E-state index in [2.05, 4.69) is 96.0 Å². The molecule has 1 fully saturated rings. The molecule has 1 aliphatic rings. The van der Waals surface area contributed by atoms with Crippen LogP contribution in [0, 0.1) is 0 Å². The number of benzene rings is 3. The van der Waals surface area contributed by atoms with E-state index in [0.717, 1.165) is 18.7 Å². The Morgan fingerprint density at radius 3 is 1.68 bits per heavy atom. The third-order valence-corrected chi connectivity index (χ3v) is 11.7. The summed E-state index contributed by atoms with van der Waals surface area (Å²) in [4.78, 5) is 20.2. The minimum absolute atomic E-state index is 0.0834. The summed E-state index contributed by atoms with van der Waals surface area (Å²) in [7, 11) is -2.64. The third kappa shape index (κ3) is 3.36. The standard InChI is InChI=1S/C27H25N2OP/c30-27-26(18-20-29(27)22-11-10-19-28-21-22)31(23-12-4-1-5-13-23,24-14-6-2-7-15-24)25-16-8-3-9-17-25/h1-17,19,21,26,31H,18,20H2. The fraction of sp³-hybridized carbons (Fsp3) is 0.111. The van der Waals surface area contributed by atoms with Crippen molar-refractivity contribution < 1.29 is 4.79 Å². The van der Waals surface area contributed by atoms with Gasteiger partial charge in [-0.3, -0.25) is 0 Å². The summed E-state index contributed by atoms with van der Waals surface area (Å²) in [5.74, 6) is 0.205. The van der Waals surface area contributed by atoms with Gasteiger partial charge in [-0.2, -0.15) is 0 Å². The maximum absolute atomic E-state index is 14.0. The first-order chi connectivity index (χ1) is 15.3. The molecule has 0 N–H and O–H groups in total. The van der Waals surface area contributed by atoms with E-state index in [4.69, 9.17) is 0 Å². The van der Waals surface area contributed by atoms with E-state index in [1.165, 1.54) is 15.9 Å². The van der Waals surface area contributed by atoms with Crippen molar-refractivity contribution in [1.29, 1.82) is 0 Å². The number of carbonyl (C=O) groups is 1. The van der Waals surface area contributed by atoms with Crippen molar-refractivity contribution in [2.75, 3.05) is 11.4 Å². The molecule has 0 spiro atoms. The SMILES string of the molecule is O=C1C([PH](c2ccccc2)(c2ccccc2)c2ccccc2)CCN1c1cccnc1. The topological polar surface area (TPSA) is 33.2 Å². The van der Waals surface area contributed by atoms with Crippen LogP contribution in [0.1, 0.15) is 6.42 Å². The van der Waals surface area contributed by atoms with Crippen molar-refractivity contribution in [3.63, 3.8) is 0 Å². The molecular formula is C27H25N2OP. The van der Waals surface area contributed by atoms with Crippen LogP contribution in [-0.4, -0.2) is 23.1 Å². The van der Waals surface area contributed by atoms with Gasteiger partial charge in [0.2, 0.25) is 0 Å². The van der Waals surface area contributed by atoms with Gasteiger partial charge in [0.05, 0.1) is 0 Å². The van der Waals surface area contributed by atoms with Gasteiger partial charge in [-0.1, -0.05) is 0 Å². The Balaban J connectivity index is 1.74. The summed E-state index contributed by atoms with van der Waals surface area (Å²) in [6, 6.07) is 35.9. The van der Waals surface area contributed by atoms with Crippen molar-refractivity contribution in [3.05, 3.63) is 116 Å². The van der Waals surface area contributed by atoms with Crippen molar-refractivity contribution in [2.45, 2.75) is 12.1 Å². The average Bonchev–Trinajstić information content (AvgIpc) is 3.24. The first kappa shape index (κ1) is 19.7. The zero-order valence-electron chi connectivity index (χ0n) is 17.3. The molecule has 1 aliphatic heterocycles. The Hall–Kier alpha value is -3.29.